The Morgan fingerprint density at radius 1 is 1.16 bits per heavy atom. The van der Waals surface area contributed by atoms with Gasteiger partial charge < -0.3 is 10.2 Å². The molecule has 1 aliphatic heterocycles. The molecule has 1 aliphatic rings. The van der Waals surface area contributed by atoms with Crippen molar-refractivity contribution in [3.63, 3.8) is 0 Å². The Morgan fingerprint density at radius 3 is 2.36 bits per heavy atom. The molecule has 0 saturated carbocycles. The maximum Gasteiger partial charge on any atom is 0.253 e. The third-order valence-electron chi connectivity index (χ3n) is 4.21. The molecule has 7 heteroatoms. The molecule has 1 heterocycles. The van der Waals surface area contributed by atoms with Crippen LogP contribution in [0, 0.1) is 0 Å². The predicted molar refractivity (Wildman–Crippen MR) is 97.5 cm³/mol. The Kier molecular flexibility index (Phi) is 6.58. The fourth-order valence-electron chi connectivity index (χ4n) is 3.01. The fourth-order valence-corrected chi connectivity index (χ4v) is 4.68. The molecule has 0 aliphatic carbocycles. The first-order valence-electron chi connectivity index (χ1n) is 8.77. The number of nitrogens with one attached hydrogen (secondary N) is 1. The zero-order valence-corrected chi connectivity index (χ0v) is 15.6. The second-order valence-corrected chi connectivity index (χ2v) is 8.68. The van der Waals surface area contributed by atoms with Crippen LogP contribution in [0.2, 0.25) is 0 Å². The van der Waals surface area contributed by atoms with Crippen LogP contribution in [0.5, 0.6) is 0 Å². The summed E-state index contributed by atoms with van der Waals surface area (Å²) in [5, 5.41) is 2.75. The van der Waals surface area contributed by atoms with Crippen LogP contribution in [-0.2, 0) is 9.84 Å². The number of carbonyl (C=O) groups excluding carboxylic acids is 2. The Balaban J connectivity index is 2.09. The highest BCUT2D eigenvalue weighted by Gasteiger charge is 2.29. The molecule has 1 saturated heterocycles. The topological polar surface area (TPSA) is 83.6 Å². The van der Waals surface area contributed by atoms with Gasteiger partial charge in [0.2, 0.25) is 0 Å². The summed E-state index contributed by atoms with van der Waals surface area (Å²) in [6.45, 7) is 5.41. The van der Waals surface area contributed by atoms with Gasteiger partial charge >= 0.3 is 0 Å². The Bertz CT molecular complexity index is 724. The van der Waals surface area contributed by atoms with Gasteiger partial charge in [-0.25, -0.2) is 8.42 Å². The van der Waals surface area contributed by atoms with E-state index in [4.69, 9.17) is 0 Å². The van der Waals surface area contributed by atoms with Crippen molar-refractivity contribution in [2.75, 3.05) is 24.6 Å². The van der Waals surface area contributed by atoms with Crippen LogP contribution in [0.3, 0.4) is 0 Å². The summed E-state index contributed by atoms with van der Waals surface area (Å²) >= 11 is 0. The maximum absolute atomic E-state index is 12.6. The number of sulfone groups is 1. The van der Waals surface area contributed by atoms with Crippen molar-refractivity contribution in [3.05, 3.63) is 35.4 Å². The third-order valence-corrected chi connectivity index (χ3v) is 5.98. The molecular formula is C18H26N2O4S. The molecule has 0 radical (unpaired) electrons. The van der Waals surface area contributed by atoms with Crippen molar-refractivity contribution in [3.8, 4) is 0 Å². The van der Waals surface area contributed by atoms with Gasteiger partial charge in [0.15, 0.2) is 9.84 Å². The summed E-state index contributed by atoms with van der Waals surface area (Å²) in [6.07, 6.45) is 2.19. The fraction of sp³-hybridized carbons (Fsp3) is 0.556. The van der Waals surface area contributed by atoms with Crippen LogP contribution in [0.15, 0.2) is 24.3 Å². The highest BCUT2D eigenvalue weighted by molar-refractivity contribution is 7.91. The molecule has 6 nitrogen and oxygen atoms in total. The molecule has 1 unspecified atom stereocenters. The van der Waals surface area contributed by atoms with Crippen molar-refractivity contribution >= 4 is 21.7 Å². The van der Waals surface area contributed by atoms with E-state index in [2.05, 4.69) is 5.32 Å². The molecule has 0 aromatic heterocycles. The predicted octanol–water partition coefficient (Wildman–Crippen LogP) is 1.87. The lowest BCUT2D eigenvalue weighted by Gasteiger charge is -2.21. The van der Waals surface area contributed by atoms with E-state index in [-0.39, 0.29) is 29.4 Å². The lowest BCUT2D eigenvalue weighted by molar-refractivity contribution is 0.0755. The molecular weight excluding hydrogens is 340 g/mol. The van der Waals surface area contributed by atoms with E-state index in [1.807, 2.05) is 13.8 Å². The summed E-state index contributed by atoms with van der Waals surface area (Å²) in [7, 11) is -3.04. The van der Waals surface area contributed by atoms with Gasteiger partial charge in [0, 0.05) is 30.3 Å². The Hall–Kier alpha value is -1.89. The zero-order valence-electron chi connectivity index (χ0n) is 14.8. The van der Waals surface area contributed by atoms with Crippen molar-refractivity contribution in [2.45, 2.75) is 39.2 Å². The molecule has 0 bridgehead atoms. The summed E-state index contributed by atoms with van der Waals surface area (Å²) in [6, 6.07) is 6.26. The summed E-state index contributed by atoms with van der Waals surface area (Å²) < 4.78 is 23.0. The van der Waals surface area contributed by atoms with Crippen LogP contribution in [0.25, 0.3) is 0 Å². The average molecular weight is 366 g/mol. The smallest absolute Gasteiger partial charge is 0.253 e. The number of amides is 2. The SMILES string of the molecule is CCCN(CCC)C(=O)c1cccc(C(=O)NC2CCS(=O)(=O)C2)c1. The molecule has 2 rings (SSSR count). The lowest BCUT2D eigenvalue weighted by Crippen LogP contribution is -2.36. The van der Waals surface area contributed by atoms with Gasteiger partial charge in [-0.2, -0.15) is 0 Å². The number of hydrogen-bond acceptors (Lipinski definition) is 4. The van der Waals surface area contributed by atoms with Gasteiger partial charge in [-0.05, 0) is 37.5 Å². The number of benzene rings is 1. The quantitative estimate of drug-likeness (QED) is 0.798. The van der Waals surface area contributed by atoms with Crippen molar-refractivity contribution < 1.29 is 18.0 Å². The molecule has 1 N–H and O–H groups in total. The van der Waals surface area contributed by atoms with E-state index >= 15 is 0 Å². The van der Waals surface area contributed by atoms with Gasteiger partial charge in [0.25, 0.3) is 11.8 Å². The normalized spacial score (nSPS) is 18.7. The van der Waals surface area contributed by atoms with Gasteiger partial charge in [-0.1, -0.05) is 19.9 Å². The average Bonchev–Trinajstić information content (AvgIpc) is 2.92. The second kappa shape index (κ2) is 8.47. The van der Waals surface area contributed by atoms with E-state index < -0.39 is 9.84 Å². The molecule has 2 amide bonds. The number of rotatable bonds is 7. The first-order valence-corrected chi connectivity index (χ1v) is 10.6. The number of hydrogen-bond donors (Lipinski definition) is 1. The molecule has 1 aromatic carbocycles. The van der Waals surface area contributed by atoms with Crippen LogP contribution in [-0.4, -0.2) is 55.8 Å². The molecule has 25 heavy (non-hydrogen) atoms. The largest absolute Gasteiger partial charge is 0.348 e. The summed E-state index contributed by atoms with van der Waals surface area (Å²) in [5.41, 5.74) is 0.858. The summed E-state index contributed by atoms with van der Waals surface area (Å²) in [5.74, 6) is -0.325. The second-order valence-electron chi connectivity index (χ2n) is 6.45. The van der Waals surface area contributed by atoms with E-state index in [9.17, 15) is 18.0 Å². The van der Waals surface area contributed by atoms with Crippen molar-refractivity contribution in [1.29, 1.82) is 0 Å². The van der Waals surface area contributed by atoms with Crippen LogP contribution in [0.1, 0.15) is 53.8 Å². The Labute approximate surface area is 149 Å². The van der Waals surface area contributed by atoms with Crippen LogP contribution < -0.4 is 5.32 Å². The van der Waals surface area contributed by atoms with Crippen molar-refractivity contribution in [2.24, 2.45) is 0 Å². The van der Waals surface area contributed by atoms with Crippen LogP contribution >= 0.6 is 0 Å². The van der Waals surface area contributed by atoms with E-state index in [0.717, 1.165) is 12.8 Å². The third kappa shape index (κ3) is 5.29. The van der Waals surface area contributed by atoms with E-state index in [1.165, 1.54) is 0 Å². The number of carbonyl (C=O) groups is 2. The molecule has 1 fully saturated rings. The molecule has 1 aromatic rings. The van der Waals surface area contributed by atoms with Crippen molar-refractivity contribution in [1.82, 2.24) is 10.2 Å². The highest BCUT2D eigenvalue weighted by Crippen LogP contribution is 2.14. The lowest BCUT2D eigenvalue weighted by atomic mass is 10.1. The molecule has 0 spiro atoms. The maximum atomic E-state index is 12.6. The zero-order chi connectivity index (χ0) is 18.4. The minimum Gasteiger partial charge on any atom is -0.348 e. The number of nitrogens with zero attached hydrogens (tertiary/aromatic N) is 1. The summed E-state index contributed by atoms with van der Waals surface area (Å²) in [4.78, 5) is 26.8. The van der Waals surface area contributed by atoms with Gasteiger partial charge in [-0.15, -0.1) is 0 Å². The first-order chi connectivity index (χ1) is 11.9. The monoisotopic (exact) mass is 366 g/mol. The first kappa shape index (κ1) is 19.4. The Morgan fingerprint density at radius 2 is 1.80 bits per heavy atom. The minimum absolute atomic E-state index is 0.0157. The standard InChI is InChI=1S/C18H26N2O4S/c1-3-9-20(10-4-2)18(22)15-7-5-6-14(12-15)17(21)19-16-8-11-25(23,24)13-16/h5-7,12,16H,3-4,8-11,13H2,1-2H3,(H,19,21). The molecule has 138 valence electrons. The van der Waals surface area contributed by atoms with E-state index in [1.54, 1.807) is 29.2 Å². The van der Waals surface area contributed by atoms with Gasteiger partial charge in [-0.3, -0.25) is 9.59 Å². The van der Waals surface area contributed by atoms with Gasteiger partial charge in [0.1, 0.15) is 0 Å². The van der Waals surface area contributed by atoms with Crippen LogP contribution in [0.4, 0.5) is 0 Å². The minimum atomic E-state index is -3.04. The van der Waals surface area contributed by atoms with Gasteiger partial charge in [0.05, 0.1) is 11.5 Å². The molecule has 1 atom stereocenters. The van der Waals surface area contributed by atoms with E-state index in [0.29, 0.717) is 30.6 Å². The highest BCUT2D eigenvalue weighted by atomic mass is 32.2.